The first-order valence-electron chi connectivity index (χ1n) is 7.64. The third-order valence-corrected chi connectivity index (χ3v) is 4.18. The molecule has 2 rings (SSSR count). The van der Waals surface area contributed by atoms with Crippen LogP contribution < -0.4 is 0 Å². The second kappa shape index (κ2) is 6.91. The molecule has 0 radical (unpaired) electrons. The Morgan fingerprint density at radius 1 is 1.32 bits per heavy atom. The van der Waals surface area contributed by atoms with Gasteiger partial charge in [0.15, 0.2) is 0 Å². The first-order chi connectivity index (χ1) is 9.19. The molecule has 1 nitrogen and oxygen atoms in total. The minimum Gasteiger partial charge on any atom is -0.298 e. The number of likely N-dealkylation sites (tertiary alicyclic amines) is 1. The number of hydrogen-bond acceptors (Lipinski definition) is 1. The summed E-state index contributed by atoms with van der Waals surface area (Å²) in [6.07, 6.45) is 5.08. The van der Waals surface area contributed by atoms with Gasteiger partial charge < -0.3 is 0 Å². The average Bonchev–Trinajstić information content (AvgIpc) is 2.42. The van der Waals surface area contributed by atoms with Crippen molar-refractivity contribution >= 4 is 0 Å². The Labute approximate surface area is 118 Å². The molecule has 1 unspecified atom stereocenters. The molecule has 1 heteroatoms. The van der Waals surface area contributed by atoms with Crippen LogP contribution in [0.5, 0.6) is 0 Å². The van der Waals surface area contributed by atoms with Crippen LogP contribution in [-0.2, 0) is 6.54 Å². The number of nitrogens with zero attached hydrogens (tertiary/aromatic N) is 1. The Bertz CT molecular complexity index is 404. The smallest absolute Gasteiger partial charge is 0.0233 e. The van der Waals surface area contributed by atoms with Crippen LogP contribution in [0.2, 0.25) is 0 Å². The minimum atomic E-state index is 0.721. The third kappa shape index (κ3) is 4.21. The molecule has 0 aromatic heterocycles. The molecule has 1 aromatic carbocycles. The van der Waals surface area contributed by atoms with Gasteiger partial charge in [0.2, 0.25) is 0 Å². The zero-order valence-electron chi connectivity index (χ0n) is 12.5. The van der Waals surface area contributed by atoms with Crippen LogP contribution in [0, 0.1) is 12.8 Å². The van der Waals surface area contributed by atoms with Crippen molar-refractivity contribution < 1.29 is 0 Å². The van der Waals surface area contributed by atoms with Crippen molar-refractivity contribution in [2.45, 2.75) is 46.1 Å². The lowest BCUT2D eigenvalue weighted by molar-refractivity contribution is 0.182. The summed E-state index contributed by atoms with van der Waals surface area (Å²) < 4.78 is 0. The average molecular weight is 257 g/mol. The molecule has 1 aliphatic rings. The Kier molecular flexibility index (Phi) is 5.21. The van der Waals surface area contributed by atoms with Crippen LogP contribution in [0.1, 0.15) is 43.7 Å². The summed E-state index contributed by atoms with van der Waals surface area (Å²) in [6.45, 7) is 12.2. The zero-order valence-corrected chi connectivity index (χ0v) is 12.5. The Balaban J connectivity index is 1.90. The fourth-order valence-electron chi connectivity index (χ4n) is 3.01. The molecule has 104 valence electrons. The van der Waals surface area contributed by atoms with Gasteiger partial charge in [-0.25, -0.2) is 0 Å². The molecule has 1 heterocycles. The predicted molar refractivity (Wildman–Crippen MR) is 83.2 cm³/mol. The molecular formula is C18H27N. The highest BCUT2D eigenvalue weighted by Gasteiger charge is 2.21. The van der Waals surface area contributed by atoms with Crippen LogP contribution in [-0.4, -0.2) is 18.0 Å². The molecule has 0 amide bonds. The van der Waals surface area contributed by atoms with Crippen LogP contribution in [0.3, 0.4) is 0 Å². The molecule has 1 saturated heterocycles. The van der Waals surface area contributed by atoms with Crippen molar-refractivity contribution in [3.05, 3.63) is 47.5 Å². The lowest BCUT2D eigenvalue weighted by atomic mass is 9.89. The van der Waals surface area contributed by atoms with E-state index >= 15 is 0 Å². The van der Waals surface area contributed by atoms with E-state index in [2.05, 4.69) is 49.6 Å². The van der Waals surface area contributed by atoms with E-state index in [1.165, 1.54) is 55.5 Å². The van der Waals surface area contributed by atoms with Gasteiger partial charge in [-0.05, 0) is 44.2 Å². The maximum atomic E-state index is 4.29. The molecule has 0 bridgehead atoms. The van der Waals surface area contributed by atoms with Crippen molar-refractivity contribution in [2.24, 2.45) is 5.92 Å². The first-order valence-corrected chi connectivity index (χ1v) is 7.64. The molecule has 1 aromatic rings. The molecule has 0 aliphatic carbocycles. The van der Waals surface area contributed by atoms with Crippen LogP contribution in [0.15, 0.2) is 36.4 Å². The predicted octanol–water partition coefficient (Wildman–Crippen LogP) is 4.56. The highest BCUT2D eigenvalue weighted by molar-refractivity contribution is 5.21. The number of benzene rings is 1. The quantitative estimate of drug-likeness (QED) is 0.699. The maximum Gasteiger partial charge on any atom is 0.0233 e. The Morgan fingerprint density at radius 3 is 2.74 bits per heavy atom. The number of piperidine rings is 1. The Morgan fingerprint density at radius 2 is 2.05 bits per heavy atom. The molecule has 0 saturated carbocycles. The highest BCUT2D eigenvalue weighted by atomic mass is 15.1. The molecule has 1 fully saturated rings. The van der Waals surface area contributed by atoms with Gasteiger partial charge in [-0.3, -0.25) is 4.90 Å². The van der Waals surface area contributed by atoms with Crippen LogP contribution in [0.25, 0.3) is 0 Å². The fourth-order valence-corrected chi connectivity index (χ4v) is 3.01. The summed E-state index contributed by atoms with van der Waals surface area (Å²) in [5.41, 5.74) is 4.25. The second-order valence-electron chi connectivity index (χ2n) is 5.97. The van der Waals surface area contributed by atoms with Crippen molar-refractivity contribution in [3.63, 3.8) is 0 Å². The summed E-state index contributed by atoms with van der Waals surface area (Å²) in [5, 5.41) is 0. The lowest BCUT2D eigenvalue weighted by Gasteiger charge is -2.34. The molecule has 1 atom stereocenters. The largest absolute Gasteiger partial charge is 0.298 e. The van der Waals surface area contributed by atoms with Crippen molar-refractivity contribution in [2.75, 3.05) is 13.1 Å². The van der Waals surface area contributed by atoms with E-state index in [1.54, 1.807) is 0 Å². The van der Waals surface area contributed by atoms with E-state index < -0.39 is 0 Å². The van der Waals surface area contributed by atoms with Gasteiger partial charge in [0.1, 0.15) is 0 Å². The van der Waals surface area contributed by atoms with Gasteiger partial charge in [-0.2, -0.15) is 0 Å². The van der Waals surface area contributed by atoms with Gasteiger partial charge in [0.25, 0.3) is 0 Å². The molecular weight excluding hydrogens is 230 g/mol. The lowest BCUT2D eigenvalue weighted by Crippen LogP contribution is -2.35. The van der Waals surface area contributed by atoms with E-state index in [9.17, 15) is 0 Å². The molecule has 0 spiro atoms. The highest BCUT2D eigenvalue weighted by Crippen LogP contribution is 2.26. The van der Waals surface area contributed by atoms with Crippen LogP contribution >= 0.6 is 0 Å². The van der Waals surface area contributed by atoms with Gasteiger partial charge in [0.05, 0.1) is 0 Å². The summed E-state index contributed by atoms with van der Waals surface area (Å²) in [5.74, 6) is 0.721. The molecule has 0 N–H and O–H groups in total. The van der Waals surface area contributed by atoms with E-state index in [-0.39, 0.29) is 0 Å². The van der Waals surface area contributed by atoms with Crippen molar-refractivity contribution in [3.8, 4) is 0 Å². The first kappa shape index (κ1) is 14.3. The van der Waals surface area contributed by atoms with Gasteiger partial charge >= 0.3 is 0 Å². The van der Waals surface area contributed by atoms with E-state index in [0.717, 1.165) is 12.5 Å². The van der Waals surface area contributed by atoms with Crippen molar-refractivity contribution in [1.82, 2.24) is 4.90 Å². The zero-order chi connectivity index (χ0) is 13.7. The summed E-state index contributed by atoms with van der Waals surface area (Å²) in [6, 6.07) is 8.96. The molecule has 1 aliphatic heterocycles. The standard InChI is InChI=1S/C18H27N/c1-4-6-16(3)18-7-5-12-19(14-18)13-17-10-8-15(2)9-11-17/h8-11,18H,3-7,12-14H2,1-2H3. The summed E-state index contributed by atoms with van der Waals surface area (Å²) >= 11 is 0. The van der Waals surface area contributed by atoms with Gasteiger partial charge in [-0.1, -0.05) is 55.3 Å². The summed E-state index contributed by atoms with van der Waals surface area (Å²) in [4.78, 5) is 2.60. The fraction of sp³-hybridized carbons (Fsp3) is 0.556. The van der Waals surface area contributed by atoms with Gasteiger partial charge in [0, 0.05) is 13.1 Å². The summed E-state index contributed by atoms with van der Waals surface area (Å²) in [7, 11) is 0. The minimum absolute atomic E-state index is 0.721. The number of hydrogen-bond donors (Lipinski definition) is 0. The van der Waals surface area contributed by atoms with Crippen molar-refractivity contribution in [1.29, 1.82) is 0 Å². The van der Waals surface area contributed by atoms with Crippen LogP contribution in [0.4, 0.5) is 0 Å². The van der Waals surface area contributed by atoms with E-state index in [1.807, 2.05) is 0 Å². The Hall–Kier alpha value is -1.08. The maximum absolute atomic E-state index is 4.29. The number of rotatable bonds is 5. The topological polar surface area (TPSA) is 3.24 Å². The number of aryl methyl sites for hydroxylation is 1. The third-order valence-electron chi connectivity index (χ3n) is 4.18. The molecule has 19 heavy (non-hydrogen) atoms. The van der Waals surface area contributed by atoms with E-state index in [0.29, 0.717) is 0 Å². The SMILES string of the molecule is C=C(CCC)C1CCCN(Cc2ccc(C)cc2)C1. The second-order valence-corrected chi connectivity index (χ2v) is 5.97. The monoisotopic (exact) mass is 257 g/mol. The normalized spacial score (nSPS) is 20.4. The van der Waals surface area contributed by atoms with E-state index in [4.69, 9.17) is 0 Å². The van der Waals surface area contributed by atoms with Gasteiger partial charge in [-0.15, -0.1) is 0 Å².